The van der Waals surface area contributed by atoms with Gasteiger partial charge in [-0.2, -0.15) is 0 Å². The Morgan fingerprint density at radius 1 is 1.14 bits per heavy atom. The summed E-state index contributed by atoms with van der Waals surface area (Å²) < 4.78 is 0. The maximum Gasteiger partial charge on any atom is 0.235 e. The first kappa shape index (κ1) is 13.8. The van der Waals surface area contributed by atoms with E-state index in [1.165, 1.54) is 22.3 Å². The average Bonchev–Trinajstić information content (AvgIpc) is 2.48. The predicted molar refractivity (Wildman–Crippen MR) is 83.6 cm³/mol. The highest BCUT2D eigenvalue weighted by Gasteiger charge is 2.29. The topological polar surface area (TPSA) is 46.3 Å². The van der Waals surface area contributed by atoms with Gasteiger partial charge < -0.3 is 5.73 Å². The summed E-state index contributed by atoms with van der Waals surface area (Å²) in [6.07, 6.45) is 0.706. The van der Waals surface area contributed by atoms with Gasteiger partial charge in [-0.1, -0.05) is 48.5 Å². The fraction of sp³-hybridized carbons (Fsp3) is 0.278. The molecule has 1 amide bonds. The fourth-order valence-corrected chi connectivity index (χ4v) is 3.03. The molecule has 0 aromatic heterocycles. The van der Waals surface area contributed by atoms with Gasteiger partial charge in [0.2, 0.25) is 5.91 Å². The molecule has 1 atom stereocenters. The van der Waals surface area contributed by atoms with Gasteiger partial charge in [0.15, 0.2) is 0 Å². The highest BCUT2D eigenvalue weighted by atomic mass is 16.1. The van der Waals surface area contributed by atoms with Crippen LogP contribution in [-0.4, -0.2) is 16.8 Å². The van der Waals surface area contributed by atoms with Crippen LogP contribution in [0.5, 0.6) is 0 Å². The zero-order valence-corrected chi connectivity index (χ0v) is 12.3. The monoisotopic (exact) mass is 280 g/mol. The van der Waals surface area contributed by atoms with E-state index in [9.17, 15) is 4.79 Å². The molecule has 108 valence electrons. The first-order valence-electron chi connectivity index (χ1n) is 7.30. The Balaban J connectivity index is 1.89. The molecule has 0 aliphatic carbocycles. The summed E-state index contributed by atoms with van der Waals surface area (Å²) in [4.78, 5) is 14.0. The summed E-state index contributed by atoms with van der Waals surface area (Å²) in [6, 6.07) is 16.4. The van der Waals surface area contributed by atoms with E-state index in [1.807, 2.05) is 18.2 Å². The Bertz CT molecular complexity index is 666. The SMILES string of the molecule is Cc1ccccc1CN1Cc2ccccc2C[C@H]1C(N)=O. The predicted octanol–water partition coefficient (Wildman–Crippen LogP) is 2.41. The second kappa shape index (κ2) is 5.70. The van der Waals surface area contributed by atoms with Crippen LogP contribution in [0.15, 0.2) is 48.5 Å². The molecule has 0 saturated heterocycles. The standard InChI is InChI=1S/C18H20N2O/c1-13-6-2-3-8-15(13)11-20-12-16-9-5-4-7-14(16)10-17(20)18(19)21/h2-9,17H,10-12H2,1H3,(H2,19,21)/t17-/m0/s1. The molecular formula is C18H20N2O. The van der Waals surface area contributed by atoms with E-state index in [4.69, 9.17) is 5.73 Å². The van der Waals surface area contributed by atoms with Crippen LogP contribution in [0, 0.1) is 6.92 Å². The van der Waals surface area contributed by atoms with E-state index < -0.39 is 0 Å². The number of primary amides is 1. The second-order valence-electron chi connectivity index (χ2n) is 5.72. The number of hydrogen-bond donors (Lipinski definition) is 1. The van der Waals surface area contributed by atoms with E-state index in [2.05, 4.69) is 42.2 Å². The average molecular weight is 280 g/mol. The lowest BCUT2D eigenvalue weighted by Crippen LogP contribution is -2.48. The number of aryl methyl sites for hydroxylation is 1. The molecule has 3 rings (SSSR count). The normalized spacial score (nSPS) is 18.2. The zero-order valence-electron chi connectivity index (χ0n) is 12.3. The Hall–Kier alpha value is -2.13. The van der Waals surface area contributed by atoms with Gasteiger partial charge in [-0.3, -0.25) is 9.69 Å². The molecular weight excluding hydrogens is 260 g/mol. The minimum absolute atomic E-state index is 0.223. The lowest BCUT2D eigenvalue weighted by Gasteiger charge is -2.35. The van der Waals surface area contributed by atoms with Gasteiger partial charge in [-0.15, -0.1) is 0 Å². The highest BCUT2D eigenvalue weighted by molar-refractivity contribution is 5.80. The summed E-state index contributed by atoms with van der Waals surface area (Å²) in [5, 5.41) is 0. The van der Waals surface area contributed by atoms with E-state index >= 15 is 0 Å². The summed E-state index contributed by atoms with van der Waals surface area (Å²) in [6.45, 7) is 3.64. The lowest BCUT2D eigenvalue weighted by atomic mass is 9.93. The molecule has 21 heavy (non-hydrogen) atoms. The van der Waals surface area contributed by atoms with Gasteiger partial charge in [0.25, 0.3) is 0 Å². The van der Waals surface area contributed by atoms with Gasteiger partial charge in [0.05, 0.1) is 6.04 Å². The molecule has 0 bridgehead atoms. The smallest absolute Gasteiger partial charge is 0.235 e. The molecule has 0 fully saturated rings. The summed E-state index contributed by atoms with van der Waals surface area (Å²) in [5.74, 6) is -0.238. The van der Waals surface area contributed by atoms with E-state index in [0.717, 1.165) is 13.1 Å². The van der Waals surface area contributed by atoms with Crippen LogP contribution in [0.25, 0.3) is 0 Å². The van der Waals surface area contributed by atoms with Crippen LogP contribution in [-0.2, 0) is 24.3 Å². The second-order valence-corrected chi connectivity index (χ2v) is 5.72. The quantitative estimate of drug-likeness (QED) is 0.938. The van der Waals surface area contributed by atoms with Crippen LogP contribution in [0.3, 0.4) is 0 Å². The summed E-state index contributed by atoms with van der Waals surface area (Å²) in [7, 11) is 0. The van der Waals surface area contributed by atoms with Gasteiger partial charge in [-0.25, -0.2) is 0 Å². The molecule has 1 heterocycles. The molecule has 0 saturated carbocycles. The van der Waals surface area contributed by atoms with Crippen molar-refractivity contribution in [1.82, 2.24) is 4.90 Å². The summed E-state index contributed by atoms with van der Waals surface area (Å²) in [5.41, 5.74) is 10.7. The molecule has 0 radical (unpaired) electrons. The van der Waals surface area contributed by atoms with E-state index in [0.29, 0.717) is 6.42 Å². The van der Waals surface area contributed by atoms with Crippen molar-refractivity contribution in [3.63, 3.8) is 0 Å². The maximum atomic E-state index is 11.8. The number of rotatable bonds is 3. The van der Waals surface area contributed by atoms with Crippen molar-refractivity contribution in [1.29, 1.82) is 0 Å². The number of nitrogens with two attached hydrogens (primary N) is 1. The molecule has 3 nitrogen and oxygen atoms in total. The molecule has 3 heteroatoms. The van der Waals surface area contributed by atoms with Crippen molar-refractivity contribution in [3.05, 3.63) is 70.8 Å². The third kappa shape index (κ3) is 2.83. The highest BCUT2D eigenvalue weighted by Crippen LogP contribution is 2.25. The van der Waals surface area contributed by atoms with Crippen LogP contribution in [0.1, 0.15) is 22.3 Å². The molecule has 2 aromatic rings. The van der Waals surface area contributed by atoms with Crippen LogP contribution >= 0.6 is 0 Å². The molecule has 2 aromatic carbocycles. The summed E-state index contributed by atoms with van der Waals surface area (Å²) >= 11 is 0. The number of fused-ring (bicyclic) bond motifs is 1. The van der Waals surface area contributed by atoms with Crippen molar-refractivity contribution < 1.29 is 4.79 Å². The number of nitrogens with zero attached hydrogens (tertiary/aromatic N) is 1. The largest absolute Gasteiger partial charge is 0.368 e. The zero-order chi connectivity index (χ0) is 14.8. The Morgan fingerprint density at radius 3 is 2.52 bits per heavy atom. The Morgan fingerprint density at radius 2 is 1.81 bits per heavy atom. The molecule has 2 N–H and O–H groups in total. The van der Waals surface area contributed by atoms with Crippen molar-refractivity contribution >= 4 is 5.91 Å². The number of carbonyl (C=O) groups excluding carboxylic acids is 1. The number of carbonyl (C=O) groups is 1. The van der Waals surface area contributed by atoms with Gasteiger partial charge in [-0.05, 0) is 35.6 Å². The first-order valence-corrected chi connectivity index (χ1v) is 7.30. The minimum atomic E-state index is -0.238. The molecule has 0 spiro atoms. The maximum absolute atomic E-state index is 11.8. The first-order chi connectivity index (χ1) is 10.1. The fourth-order valence-electron chi connectivity index (χ4n) is 3.03. The number of amides is 1. The van der Waals surface area contributed by atoms with Crippen LogP contribution in [0.2, 0.25) is 0 Å². The molecule has 0 unspecified atom stereocenters. The van der Waals surface area contributed by atoms with Crippen LogP contribution in [0.4, 0.5) is 0 Å². The van der Waals surface area contributed by atoms with Crippen molar-refractivity contribution in [2.24, 2.45) is 5.73 Å². The van der Waals surface area contributed by atoms with Crippen LogP contribution < -0.4 is 5.73 Å². The van der Waals surface area contributed by atoms with Gasteiger partial charge in [0.1, 0.15) is 0 Å². The number of benzene rings is 2. The van der Waals surface area contributed by atoms with Crippen molar-refractivity contribution in [2.45, 2.75) is 32.5 Å². The van der Waals surface area contributed by atoms with E-state index in [1.54, 1.807) is 0 Å². The van der Waals surface area contributed by atoms with Crippen molar-refractivity contribution in [3.8, 4) is 0 Å². The molecule has 1 aliphatic heterocycles. The van der Waals surface area contributed by atoms with Crippen molar-refractivity contribution in [2.75, 3.05) is 0 Å². The molecule has 1 aliphatic rings. The minimum Gasteiger partial charge on any atom is -0.368 e. The third-order valence-corrected chi connectivity index (χ3v) is 4.31. The van der Waals surface area contributed by atoms with Gasteiger partial charge >= 0.3 is 0 Å². The lowest BCUT2D eigenvalue weighted by molar-refractivity contribution is -0.124. The number of hydrogen-bond acceptors (Lipinski definition) is 2. The Labute approximate surface area is 125 Å². The third-order valence-electron chi connectivity index (χ3n) is 4.31. The van der Waals surface area contributed by atoms with E-state index in [-0.39, 0.29) is 11.9 Å². The Kier molecular flexibility index (Phi) is 3.76. The van der Waals surface area contributed by atoms with Gasteiger partial charge in [0, 0.05) is 13.1 Å².